The van der Waals surface area contributed by atoms with Crippen molar-refractivity contribution >= 4 is 16.7 Å². The molecule has 1 aromatic heterocycles. The van der Waals surface area contributed by atoms with Crippen LogP contribution in [0.2, 0.25) is 0 Å². The lowest BCUT2D eigenvalue weighted by molar-refractivity contribution is 0.0690. The fraction of sp³-hybridized carbons (Fsp3) is 0.0588. The summed E-state index contributed by atoms with van der Waals surface area (Å²) in [5.74, 6) is -0.199. The van der Waals surface area contributed by atoms with Crippen LogP contribution in [0.5, 0.6) is 5.75 Å². The Kier molecular flexibility index (Phi) is 3.28. The molecule has 3 aromatic rings. The minimum atomic E-state index is -1.02. The Morgan fingerprint density at radius 1 is 1.00 bits per heavy atom. The molecular weight excluding hydrogens is 266 g/mol. The first-order chi connectivity index (χ1) is 10.2. The SMILES string of the molecule is COc1ccc2cc(-c3ccc(C(=O)O)nc3)ccc2c1. The number of methoxy groups -OCH3 is 1. The number of hydrogen-bond acceptors (Lipinski definition) is 3. The molecule has 0 spiro atoms. The van der Waals surface area contributed by atoms with Crippen LogP contribution in [0.25, 0.3) is 21.9 Å². The second kappa shape index (κ2) is 5.25. The van der Waals surface area contributed by atoms with Gasteiger partial charge in [-0.05, 0) is 40.6 Å². The van der Waals surface area contributed by atoms with E-state index < -0.39 is 5.97 Å². The fourth-order valence-corrected chi connectivity index (χ4v) is 2.22. The quantitative estimate of drug-likeness (QED) is 0.795. The molecule has 1 N–H and O–H groups in total. The standard InChI is InChI=1S/C17H13NO3/c1-21-15-6-4-11-8-12(2-3-13(11)9-15)14-5-7-16(17(19)20)18-10-14/h2-10H,1H3,(H,19,20). The lowest BCUT2D eigenvalue weighted by Crippen LogP contribution is -1.99. The highest BCUT2D eigenvalue weighted by Gasteiger charge is 2.05. The smallest absolute Gasteiger partial charge is 0.354 e. The van der Waals surface area contributed by atoms with Gasteiger partial charge in [0.1, 0.15) is 11.4 Å². The first-order valence-corrected chi connectivity index (χ1v) is 6.45. The number of carboxylic acid groups (broad SMARTS) is 1. The highest BCUT2D eigenvalue weighted by atomic mass is 16.5. The van der Waals surface area contributed by atoms with Crippen molar-refractivity contribution in [1.29, 1.82) is 0 Å². The zero-order valence-electron chi connectivity index (χ0n) is 11.4. The van der Waals surface area contributed by atoms with E-state index in [-0.39, 0.29) is 5.69 Å². The van der Waals surface area contributed by atoms with E-state index >= 15 is 0 Å². The number of ether oxygens (including phenoxy) is 1. The monoisotopic (exact) mass is 279 g/mol. The van der Waals surface area contributed by atoms with E-state index in [1.807, 2.05) is 36.4 Å². The zero-order valence-corrected chi connectivity index (χ0v) is 11.4. The van der Waals surface area contributed by atoms with Gasteiger partial charge in [-0.1, -0.05) is 24.3 Å². The number of nitrogens with zero attached hydrogens (tertiary/aromatic N) is 1. The molecule has 21 heavy (non-hydrogen) atoms. The van der Waals surface area contributed by atoms with Gasteiger partial charge >= 0.3 is 5.97 Å². The molecular formula is C17H13NO3. The van der Waals surface area contributed by atoms with Gasteiger partial charge in [-0.2, -0.15) is 0 Å². The molecule has 0 fully saturated rings. The van der Waals surface area contributed by atoms with E-state index in [4.69, 9.17) is 9.84 Å². The normalized spacial score (nSPS) is 10.5. The summed E-state index contributed by atoms with van der Waals surface area (Å²) >= 11 is 0. The minimum Gasteiger partial charge on any atom is -0.497 e. The Bertz CT molecular complexity index is 810. The number of carbonyl (C=O) groups is 1. The molecule has 3 rings (SSSR count). The molecule has 0 unspecified atom stereocenters. The van der Waals surface area contributed by atoms with Crippen molar-refractivity contribution in [3.8, 4) is 16.9 Å². The highest BCUT2D eigenvalue weighted by molar-refractivity contribution is 5.89. The van der Waals surface area contributed by atoms with Crippen molar-refractivity contribution < 1.29 is 14.6 Å². The van der Waals surface area contributed by atoms with Gasteiger partial charge in [-0.3, -0.25) is 0 Å². The first kappa shape index (κ1) is 13.1. The van der Waals surface area contributed by atoms with E-state index in [1.54, 1.807) is 19.4 Å². The van der Waals surface area contributed by atoms with Crippen LogP contribution in [-0.2, 0) is 0 Å². The van der Waals surface area contributed by atoms with E-state index in [0.29, 0.717) is 0 Å². The number of aromatic carboxylic acids is 1. The third kappa shape index (κ3) is 2.56. The number of hydrogen-bond donors (Lipinski definition) is 1. The summed E-state index contributed by atoms with van der Waals surface area (Å²) in [4.78, 5) is 14.8. The number of aromatic nitrogens is 1. The Labute approximate surface area is 121 Å². The van der Waals surface area contributed by atoms with Gasteiger partial charge < -0.3 is 9.84 Å². The van der Waals surface area contributed by atoms with E-state index in [2.05, 4.69) is 4.98 Å². The Morgan fingerprint density at radius 2 is 1.71 bits per heavy atom. The summed E-state index contributed by atoms with van der Waals surface area (Å²) in [7, 11) is 1.64. The molecule has 0 aliphatic heterocycles. The number of pyridine rings is 1. The lowest BCUT2D eigenvalue weighted by atomic mass is 10.0. The predicted octanol–water partition coefficient (Wildman–Crippen LogP) is 3.61. The van der Waals surface area contributed by atoms with Gasteiger partial charge in [-0.25, -0.2) is 9.78 Å². The molecule has 0 bridgehead atoms. The Morgan fingerprint density at radius 3 is 2.38 bits per heavy atom. The first-order valence-electron chi connectivity index (χ1n) is 6.45. The average Bonchev–Trinajstić information content (AvgIpc) is 2.54. The molecule has 1 heterocycles. The van der Waals surface area contributed by atoms with Crippen molar-refractivity contribution in [2.45, 2.75) is 0 Å². The van der Waals surface area contributed by atoms with Gasteiger partial charge in [0.05, 0.1) is 7.11 Å². The molecule has 0 atom stereocenters. The molecule has 4 nitrogen and oxygen atoms in total. The maximum atomic E-state index is 10.8. The molecule has 104 valence electrons. The fourth-order valence-electron chi connectivity index (χ4n) is 2.22. The second-order valence-electron chi connectivity index (χ2n) is 4.67. The number of carboxylic acids is 1. The maximum Gasteiger partial charge on any atom is 0.354 e. The third-order valence-corrected chi connectivity index (χ3v) is 3.36. The zero-order chi connectivity index (χ0) is 14.8. The largest absolute Gasteiger partial charge is 0.497 e. The van der Waals surface area contributed by atoms with Gasteiger partial charge in [0, 0.05) is 11.8 Å². The molecule has 2 aromatic carbocycles. The van der Waals surface area contributed by atoms with Crippen molar-refractivity contribution in [1.82, 2.24) is 4.98 Å². The number of rotatable bonds is 3. The summed E-state index contributed by atoms with van der Waals surface area (Å²) < 4.78 is 5.21. The van der Waals surface area contributed by atoms with Crippen molar-refractivity contribution in [2.75, 3.05) is 7.11 Å². The summed E-state index contributed by atoms with van der Waals surface area (Å²) in [6, 6.07) is 15.2. The summed E-state index contributed by atoms with van der Waals surface area (Å²) in [6.07, 6.45) is 1.58. The van der Waals surface area contributed by atoms with Crippen LogP contribution in [0.3, 0.4) is 0 Å². The molecule has 0 aliphatic carbocycles. The number of benzene rings is 2. The van der Waals surface area contributed by atoms with Gasteiger partial charge in [0.15, 0.2) is 0 Å². The molecule has 0 amide bonds. The van der Waals surface area contributed by atoms with Crippen LogP contribution in [-0.4, -0.2) is 23.2 Å². The summed E-state index contributed by atoms with van der Waals surface area (Å²) in [5, 5.41) is 11.0. The minimum absolute atomic E-state index is 0.0456. The van der Waals surface area contributed by atoms with E-state index in [0.717, 1.165) is 27.6 Å². The molecule has 0 saturated carbocycles. The van der Waals surface area contributed by atoms with Crippen LogP contribution in [0.15, 0.2) is 54.7 Å². The van der Waals surface area contributed by atoms with E-state index in [9.17, 15) is 4.79 Å². The third-order valence-electron chi connectivity index (χ3n) is 3.36. The number of fused-ring (bicyclic) bond motifs is 1. The van der Waals surface area contributed by atoms with Gasteiger partial charge in [0.2, 0.25) is 0 Å². The molecule has 0 radical (unpaired) electrons. The average molecular weight is 279 g/mol. The van der Waals surface area contributed by atoms with Gasteiger partial charge in [-0.15, -0.1) is 0 Å². The van der Waals surface area contributed by atoms with Crippen LogP contribution in [0.4, 0.5) is 0 Å². The summed E-state index contributed by atoms with van der Waals surface area (Å²) in [6.45, 7) is 0. The lowest BCUT2D eigenvalue weighted by Gasteiger charge is -2.06. The van der Waals surface area contributed by atoms with Crippen LogP contribution in [0.1, 0.15) is 10.5 Å². The van der Waals surface area contributed by atoms with Crippen molar-refractivity contribution in [2.24, 2.45) is 0 Å². The van der Waals surface area contributed by atoms with Crippen LogP contribution >= 0.6 is 0 Å². The van der Waals surface area contributed by atoms with Crippen molar-refractivity contribution in [3.05, 3.63) is 60.4 Å². The van der Waals surface area contributed by atoms with Crippen LogP contribution in [0, 0.1) is 0 Å². The van der Waals surface area contributed by atoms with Crippen LogP contribution < -0.4 is 4.74 Å². The predicted molar refractivity (Wildman–Crippen MR) is 80.7 cm³/mol. The van der Waals surface area contributed by atoms with E-state index in [1.165, 1.54) is 6.07 Å². The van der Waals surface area contributed by atoms with Gasteiger partial charge in [0.25, 0.3) is 0 Å². The highest BCUT2D eigenvalue weighted by Crippen LogP contribution is 2.26. The molecule has 0 saturated heterocycles. The molecule has 4 heteroatoms. The Balaban J connectivity index is 2.02. The maximum absolute atomic E-state index is 10.8. The Hall–Kier alpha value is -2.88. The topological polar surface area (TPSA) is 59.4 Å². The summed E-state index contributed by atoms with van der Waals surface area (Å²) in [5.41, 5.74) is 1.93. The molecule has 0 aliphatic rings. The second-order valence-corrected chi connectivity index (χ2v) is 4.67. The van der Waals surface area contributed by atoms with Crippen molar-refractivity contribution in [3.63, 3.8) is 0 Å².